The molecule has 0 saturated carbocycles. The van der Waals surface area contributed by atoms with Gasteiger partial charge in [0, 0.05) is 7.05 Å². The summed E-state index contributed by atoms with van der Waals surface area (Å²) in [4.78, 5) is 13.0. The minimum Gasteiger partial charge on any atom is -0.410 e. The van der Waals surface area contributed by atoms with Crippen LogP contribution in [0, 0.1) is 13.8 Å². The minimum absolute atomic E-state index is 0.134. The van der Waals surface area contributed by atoms with Gasteiger partial charge < -0.3 is 9.73 Å². The highest BCUT2D eigenvalue weighted by atomic mass is 32.2. The second-order valence-electron chi connectivity index (χ2n) is 4.86. The number of hydrogen-bond donors (Lipinski definition) is 1. The number of anilines is 1. The number of amides is 1. The van der Waals surface area contributed by atoms with Crippen LogP contribution in [0.15, 0.2) is 27.2 Å². The molecule has 3 aromatic heterocycles. The summed E-state index contributed by atoms with van der Waals surface area (Å²) in [6, 6.07) is 3.83. The highest BCUT2D eigenvalue weighted by Gasteiger charge is 2.15. The third-order valence-corrected chi connectivity index (χ3v) is 4.91. The second kappa shape index (κ2) is 6.55. The molecule has 0 radical (unpaired) electrons. The highest BCUT2D eigenvalue weighted by molar-refractivity contribution is 7.99. The average Bonchev–Trinajstić information content (AvgIpc) is 3.23. The van der Waals surface area contributed by atoms with Crippen molar-refractivity contribution in [3.05, 3.63) is 28.9 Å². The number of aromatic nitrogens is 4. The first-order chi connectivity index (χ1) is 11.0. The van der Waals surface area contributed by atoms with Gasteiger partial charge in [0.25, 0.3) is 11.1 Å². The Balaban J connectivity index is 1.59. The minimum atomic E-state index is -0.134. The van der Waals surface area contributed by atoms with Gasteiger partial charge in [-0.15, -0.1) is 21.5 Å². The first-order valence-corrected chi connectivity index (χ1v) is 8.71. The fourth-order valence-electron chi connectivity index (χ4n) is 2.03. The lowest BCUT2D eigenvalue weighted by molar-refractivity contribution is -0.113. The first-order valence-electron chi connectivity index (χ1n) is 6.85. The monoisotopic (exact) mass is 349 g/mol. The Kier molecular flexibility index (Phi) is 4.49. The van der Waals surface area contributed by atoms with Crippen LogP contribution in [0.25, 0.3) is 10.8 Å². The Morgan fingerprint density at radius 1 is 1.43 bits per heavy atom. The van der Waals surface area contributed by atoms with E-state index in [9.17, 15) is 4.79 Å². The van der Waals surface area contributed by atoms with Gasteiger partial charge in [-0.2, -0.15) is 5.10 Å². The third-order valence-electron chi connectivity index (χ3n) is 3.24. The second-order valence-corrected chi connectivity index (χ2v) is 6.73. The van der Waals surface area contributed by atoms with Gasteiger partial charge in [-0.1, -0.05) is 17.8 Å². The Morgan fingerprint density at radius 3 is 2.91 bits per heavy atom. The molecule has 0 spiro atoms. The Bertz CT molecular complexity index is 822. The van der Waals surface area contributed by atoms with Gasteiger partial charge in [0.2, 0.25) is 5.91 Å². The molecule has 0 aromatic carbocycles. The summed E-state index contributed by atoms with van der Waals surface area (Å²) in [5, 5.41) is 17.4. The van der Waals surface area contributed by atoms with Crippen LogP contribution < -0.4 is 5.32 Å². The lowest BCUT2D eigenvalue weighted by Gasteiger charge is -2.04. The maximum atomic E-state index is 12.1. The van der Waals surface area contributed by atoms with Gasteiger partial charge in [-0.05, 0) is 25.3 Å². The van der Waals surface area contributed by atoms with E-state index < -0.39 is 0 Å². The van der Waals surface area contributed by atoms with Crippen molar-refractivity contribution in [1.29, 1.82) is 0 Å². The number of thioether (sulfide) groups is 1. The van der Waals surface area contributed by atoms with Crippen LogP contribution in [0.4, 0.5) is 5.69 Å². The molecule has 9 heteroatoms. The maximum Gasteiger partial charge on any atom is 0.277 e. The van der Waals surface area contributed by atoms with E-state index in [1.54, 1.807) is 4.68 Å². The fraction of sp³-hybridized carbons (Fsp3) is 0.286. The number of rotatable bonds is 5. The van der Waals surface area contributed by atoms with E-state index in [-0.39, 0.29) is 11.7 Å². The molecule has 0 aliphatic heterocycles. The molecule has 23 heavy (non-hydrogen) atoms. The molecule has 0 atom stereocenters. The zero-order chi connectivity index (χ0) is 16.4. The van der Waals surface area contributed by atoms with E-state index in [1.165, 1.54) is 23.1 Å². The number of hydrogen-bond acceptors (Lipinski definition) is 7. The molecule has 0 aliphatic rings. The van der Waals surface area contributed by atoms with Crippen LogP contribution in [0.1, 0.15) is 11.4 Å². The Hall–Kier alpha value is -2.13. The van der Waals surface area contributed by atoms with Crippen molar-refractivity contribution in [2.75, 3.05) is 11.1 Å². The summed E-state index contributed by atoms with van der Waals surface area (Å²) in [5.74, 6) is 0.534. The van der Waals surface area contributed by atoms with E-state index in [1.807, 2.05) is 38.4 Å². The van der Waals surface area contributed by atoms with Gasteiger partial charge in [-0.3, -0.25) is 9.48 Å². The summed E-state index contributed by atoms with van der Waals surface area (Å²) in [5.41, 5.74) is 2.46. The summed E-state index contributed by atoms with van der Waals surface area (Å²) in [6.07, 6.45) is 0. The quantitative estimate of drug-likeness (QED) is 0.713. The molecule has 1 amide bonds. The highest BCUT2D eigenvalue weighted by Crippen LogP contribution is 2.26. The summed E-state index contributed by atoms with van der Waals surface area (Å²) in [6.45, 7) is 3.77. The van der Waals surface area contributed by atoms with Crippen molar-refractivity contribution < 1.29 is 9.21 Å². The fourth-order valence-corrected chi connectivity index (χ4v) is 3.23. The number of carbonyl (C=O) groups is 1. The predicted octanol–water partition coefficient (Wildman–Crippen LogP) is 2.88. The van der Waals surface area contributed by atoms with Crippen molar-refractivity contribution in [2.24, 2.45) is 7.05 Å². The van der Waals surface area contributed by atoms with E-state index in [0.29, 0.717) is 11.1 Å². The van der Waals surface area contributed by atoms with Crippen molar-refractivity contribution in [3.63, 3.8) is 0 Å². The van der Waals surface area contributed by atoms with Crippen LogP contribution in [0.5, 0.6) is 0 Å². The van der Waals surface area contributed by atoms with Gasteiger partial charge in [0.15, 0.2) is 0 Å². The number of thiophene rings is 1. The lowest BCUT2D eigenvalue weighted by Crippen LogP contribution is -2.15. The molecular weight excluding hydrogens is 334 g/mol. The lowest BCUT2D eigenvalue weighted by atomic mass is 10.3. The molecule has 0 aliphatic carbocycles. The molecular formula is C14H15N5O2S2. The maximum absolute atomic E-state index is 12.1. The van der Waals surface area contributed by atoms with Crippen LogP contribution in [-0.4, -0.2) is 31.6 Å². The zero-order valence-electron chi connectivity index (χ0n) is 12.9. The molecule has 0 saturated heterocycles. The van der Waals surface area contributed by atoms with Crippen molar-refractivity contribution in [3.8, 4) is 10.8 Å². The van der Waals surface area contributed by atoms with E-state index >= 15 is 0 Å². The van der Waals surface area contributed by atoms with Crippen LogP contribution in [0.2, 0.25) is 0 Å². The van der Waals surface area contributed by atoms with Crippen molar-refractivity contribution >= 4 is 34.7 Å². The average molecular weight is 349 g/mol. The first kappa shape index (κ1) is 15.8. The number of nitrogens with one attached hydrogen (secondary N) is 1. The normalized spacial score (nSPS) is 10.9. The van der Waals surface area contributed by atoms with E-state index in [0.717, 1.165) is 22.0 Å². The van der Waals surface area contributed by atoms with Crippen molar-refractivity contribution in [2.45, 2.75) is 19.1 Å². The molecule has 120 valence electrons. The largest absolute Gasteiger partial charge is 0.410 e. The zero-order valence-corrected chi connectivity index (χ0v) is 14.5. The standard InChI is InChI=1S/C14H15N5O2S2/c1-8-12(9(2)19(3)18-8)15-11(20)7-23-14-17-16-13(21-14)10-5-4-6-22-10/h4-6H,7H2,1-3H3,(H,15,20). The van der Waals surface area contributed by atoms with Gasteiger partial charge in [-0.25, -0.2) is 0 Å². The third kappa shape index (κ3) is 3.45. The number of carbonyl (C=O) groups excluding carboxylic acids is 1. The van der Waals surface area contributed by atoms with Crippen LogP contribution in [-0.2, 0) is 11.8 Å². The predicted molar refractivity (Wildman–Crippen MR) is 89.6 cm³/mol. The molecule has 0 fully saturated rings. The Morgan fingerprint density at radius 2 is 2.26 bits per heavy atom. The molecule has 3 heterocycles. The molecule has 0 bridgehead atoms. The van der Waals surface area contributed by atoms with E-state index in [2.05, 4.69) is 20.6 Å². The summed E-state index contributed by atoms with van der Waals surface area (Å²) < 4.78 is 7.27. The Labute approximate surface area is 141 Å². The molecule has 7 nitrogen and oxygen atoms in total. The smallest absolute Gasteiger partial charge is 0.277 e. The number of aryl methyl sites for hydroxylation is 2. The molecule has 3 aromatic rings. The molecule has 3 rings (SSSR count). The van der Waals surface area contributed by atoms with Gasteiger partial charge in [0.05, 0.1) is 27.7 Å². The summed E-state index contributed by atoms with van der Waals surface area (Å²) in [7, 11) is 1.84. The molecule has 1 N–H and O–H groups in total. The SMILES string of the molecule is Cc1nn(C)c(C)c1NC(=O)CSc1nnc(-c2cccs2)o1. The topological polar surface area (TPSA) is 85.8 Å². The summed E-state index contributed by atoms with van der Waals surface area (Å²) >= 11 is 2.74. The van der Waals surface area contributed by atoms with E-state index in [4.69, 9.17) is 4.42 Å². The van der Waals surface area contributed by atoms with Gasteiger partial charge in [0.1, 0.15) is 0 Å². The van der Waals surface area contributed by atoms with Crippen LogP contribution in [0.3, 0.4) is 0 Å². The van der Waals surface area contributed by atoms with Gasteiger partial charge >= 0.3 is 0 Å². The number of nitrogens with zero attached hydrogens (tertiary/aromatic N) is 4. The van der Waals surface area contributed by atoms with Crippen LogP contribution >= 0.6 is 23.1 Å². The molecule has 0 unspecified atom stereocenters. The van der Waals surface area contributed by atoms with Crippen molar-refractivity contribution in [1.82, 2.24) is 20.0 Å².